The van der Waals surface area contributed by atoms with Gasteiger partial charge >= 0.3 is 0 Å². The fraction of sp³-hybridized carbons (Fsp3) is 0.700. The molecule has 90 valence electrons. The number of ether oxygens (including phenoxy) is 1. The quantitative estimate of drug-likeness (QED) is 0.884. The maximum atomic E-state index is 5.81. The van der Waals surface area contributed by atoms with E-state index in [1.165, 1.54) is 4.88 Å². The smallest absolute Gasteiger partial charge is 0.183 e. The van der Waals surface area contributed by atoms with Crippen molar-refractivity contribution in [3.63, 3.8) is 0 Å². The molecule has 1 unspecified atom stereocenters. The first-order valence-electron chi connectivity index (χ1n) is 5.36. The average molecular weight is 262 g/mol. The molecule has 0 aliphatic carbocycles. The molecule has 0 spiro atoms. The van der Waals surface area contributed by atoms with E-state index in [4.69, 9.17) is 16.3 Å². The molecule has 4 nitrogen and oxygen atoms in total. The van der Waals surface area contributed by atoms with Gasteiger partial charge in [-0.3, -0.25) is 4.90 Å². The summed E-state index contributed by atoms with van der Waals surface area (Å²) in [4.78, 5) is 7.65. The van der Waals surface area contributed by atoms with Crippen LogP contribution in [0.1, 0.15) is 4.88 Å². The van der Waals surface area contributed by atoms with E-state index in [0.717, 1.165) is 32.8 Å². The molecule has 2 heterocycles. The standard InChI is InChI=1S/C10H16ClN3OS/c1-12-4-8-6-14(2-3-15-8)7-9-5-13-10(11)16-9/h5,8,12H,2-4,6-7H2,1H3. The van der Waals surface area contributed by atoms with E-state index in [9.17, 15) is 0 Å². The molecule has 0 amide bonds. The minimum absolute atomic E-state index is 0.294. The first-order chi connectivity index (χ1) is 7.78. The van der Waals surface area contributed by atoms with Gasteiger partial charge in [0.15, 0.2) is 4.47 Å². The van der Waals surface area contributed by atoms with Gasteiger partial charge in [-0.15, -0.1) is 11.3 Å². The van der Waals surface area contributed by atoms with Gasteiger partial charge in [0.2, 0.25) is 0 Å². The van der Waals surface area contributed by atoms with Crippen molar-refractivity contribution in [2.45, 2.75) is 12.6 Å². The van der Waals surface area contributed by atoms with E-state index >= 15 is 0 Å². The lowest BCUT2D eigenvalue weighted by Gasteiger charge is -2.32. The van der Waals surface area contributed by atoms with E-state index in [-0.39, 0.29) is 0 Å². The lowest BCUT2D eigenvalue weighted by molar-refractivity contribution is -0.0288. The Balaban J connectivity index is 1.85. The minimum Gasteiger partial charge on any atom is -0.374 e. The molecule has 1 fully saturated rings. The molecule has 1 aromatic rings. The number of morpholine rings is 1. The molecule has 2 rings (SSSR count). The second-order valence-electron chi connectivity index (χ2n) is 3.87. The Bertz CT molecular complexity index is 332. The van der Waals surface area contributed by atoms with Crippen LogP contribution in [0, 0.1) is 0 Å². The summed E-state index contributed by atoms with van der Waals surface area (Å²) in [6.45, 7) is 4.58. The molecule has 6 heteroatoms. The summed E-state index contributed by atoms with van der Waals surface area (Å²) in [5.41, 5.74) is 0. The number of nitrogens with zero attached hydrogens (tertiary/aromatic N) is 2. The zero-order valence-corrected chi connectivity index (χ0v) is 10.9. The van der Waals surface area contributed by atoms with Gasteiger partial charge in [-0.1, -0.05) is 11.6 Å². The SMILES string of the molecule is CNCC1CN(Cc2cnc(Cl)s2)CCO1. The summed E-state index contributed by atoms with van der Waals surface area (Å²) < 4.78 is 6.27. The highest BCUT2D eigenvalue weighted by Gasteiger charge is 2.20. The van der Waals surface area contributed by atoms with Crippen LogP contribution in [0.4, 0.5) is 0 Å². The molecule has 1 aliphatic rings. The van der Waals surface area contributed by atoms with Crippen LogP contribution < -0.4 is 5.32 Å². The van der Waals surface area contributed by atoms with Crippen LogP contribution in [0.2, 0.25) is 4.47 Å². The van der Waals surface area contributed by atoms with Crippen LogP contribution in [0.25, 0.3) is 0 Å². The summed E-state index contributed by atoms with van der Waals surface area (Å²) in [7, 11) is 1.95. The van der Waals surface area contributed by atoms with E-state index in [2.05, 4.69) is 15.2 Å². The van der Waals surface area contributed by atoms with Crippen LogP contribution in [-0.2, 0) is 11.3 Å². The summed E-state index contributed by atoms with van der Waals surface area (Å²) in [6, 6.07) is 0. The van der Waals surface area contributed by atoms with Crippen LogP contribution in [-0.4, -0.2) is 49.3 Å². The Hall–Kier alpha value is -0.200. The molecule has 1 aliphatic heterocycles. The van der Waals surface area contributed by atoms with E-state index < -0.39 is 0 Å². The Morgan fingerprint density at radius 3 is 3.31 bits per heavy atom. The number of rotatable bonds is 4. The molecule has 0 bridgehead atoms. The van der Waals surface area contributed by atoms with Gasteiger partial charge in [0.25, 0.3) is 0 Å². The Labute approximate surface area is 105 Å². The lowest BCUT2D eigenvalue weighted by atomic mass is 10.2. The van der Waals surface area contributed by atoms with Crippen LogP contribution in [0.15, 0.2) is 6.20 Å². The topological polar surface area (TPSA) is 37.4 Å². The monoisotopic (exact) mass is 261 g/mol. The zero-order valence-electron chi connectivity index (χ0n) is 9.28. The molecule has 1 atom stereocenters. The zero-order chi connectivity index (χ0) is 11.4. The second kappa shape index (κ2) is 5.93. The van der Waals surface area contributed by atoms with Crippen molar-refractivity contribution in [2.24, 2.45) is 0 Å². The third-order valence-electron chi connectivity index (χ3n) is 2.56. The maximum absolute atomic E-state index is 5.81. The predicted molar refractivity (Wildman–Crippen MR) is 66.1 cm³/mol. The van der Waals surface area contributed by atoms with E-state index in [1.54, 1.807) is 11.3 Å². The highest BCUT2D eigenvalue weighted by Crippen LogP contribution is 2.20. The normalized spacial score (nSPS) is 22.5. The molecular formula is C10H16ClN3OS. The number of halogens is 1. The fourth-order valence-electron chi connectivity index (χ4n) is 1.85. The highest BCUT2D eigenvalue weighted by molar-refractivity contribution is 7.15. The molecule has 16 heavy (non-hydrogen) atoms. The van der Waals surface area contributed by atoms with Gasteiger partial charge in [0, 0.05) is 37.3 Å². The number of aromatic nitrogens is 1. The van der Waals surface area contributed by atoms with Crippen molar-refractivity contribution in [3.8, 4) is 0 Å². The van der Waals surface area contributed by atoms with Crippen molar-refractivity contribution < 1.29 is 4.74 Å². The van der Waals surface area contributed by atoms with Crippen molar-refractivity contribution >= 4 is 22.9 Å². The molecular weight excluding hydrogens is 246 g/mol. The summed E-state index contributed by atoms with van der Waals surface area (Å²) in [5, 5.41) is 3.14. The van der Waals surface area contributed by atoms with Gasteiger partial charge in [0.05, 0.1) is 12.7 Å². The number of hydrogen-bond acceptors (Lipinski definition) is 5. The van der Waals surface area contributed by atoms with Gasteiger partial charge < -0.3 is 10.1 Å². The third kappa shape index (κ3) is 3.40. The molecule has 0 radical (unpaired) electrons. The Morgan fingerprint density at radius 2 is 2.62 bits per heavy atom. The number of likely N-dealkylation sites (N-methyl/N-ethyl adjacent to an activating group) is 1. The molecule has 1 N–H and O–H groups in total. The summed E-state index contributed by atoms with van der Waals surface area (Å²) >= 11 is 7.36. The van der Waals surface area contributed by atoms with Crippen molar-refractivity contribution in [3.05, 3.63) is 15.5 Å². The van der Waals surface area contributed by atoms with E-state index in [0.29, 0.717) is 10.6 Å². The molecule has 1 saturated heterocycles. The lowest BCUT2D eigenvalue weighted by Crippen LogP contribution is -2.45. The minimum atomic E-state index is 0.294. The first kappa shape index (κ1) is 12.3. The number of hydrogen-bond donors (Lipinski definition) is 1. The summed E-state index contributed by atoms with van der Waals surface area (Å²) in [5.74, 6) is 0. The van der Waals surface area contributed by atoms with E-state index in [1.807, 2.05) is 13.2 Å². The van der Waals surface area contributed by atoms with Crippen LogP contribution in [0.3, 0.4) is 0 Å². The van der Waals surface area contributed by atoms with Crippen LogP contribution >= 0.6 is 22.9 Å². The predicted octanol–water partition coefficient (Wildman–Crippen LogP) is 1.22. The average Bonchev–Trinajstić information content (AvgIpc) is 2.65. The van der Waals surface area contributed by atoms with Gasteiger partial charge in [-0.05, 0) is 7.05 Å². The van der Waals surface area contributed by atoms with Crippen molar-refractivity contribution in [1.29, 1.82) is 0 Å². The largest absolute Gasteiger partial charge is 0.374 e. The van der Waals surface area contributed by atoms with Gasteiger partial charge in [-0.2, -0.15) is 0 Å². The Morgan fingerprint density at radius 1 is 1.75 bits per heavy atom. The molecule has 0 saturated carbocycles. The van der Waals surface area contributed by atoms with Gasteiger partial charge in [-0.25, -0.2) is 4.98 Å². The van der Waals surface area contributed by atoms with Crippen molar-refractivity contribution in [1.82, 2.24) is 15.2 Å². The number of thiazole rings is 1. The van der Waals surface area contributed by atoms with Gasteiger partial charge in [0.1, 0.15) is 0 Å². The summed E-state index contributed by atoms with van der Waals surface area (Å²) in [6.07, 6.45) is 2.15. The Kier molecular flexibility index (Phi) is 4.55. The van der Waals surface area contributed by atoms with Crippen molar-refractivity contribution in [2.75, 3.05) is 33.3 Å². The second-order valence-corrected chi connectivity index (χ2v) is 5.56. The highest BCUT2D eigenvalue weighted by atomic mass is 35.5. The van der Waals surface area contributed by atoms with Crippen LogP contribution in [0.5, 0.6) is 0 Å². The fourth-order valence-corrected chi connectivity index (χ4v) is 2.87. The molecule has 1 aromatic heterocycles. The molecule has 0 aromatic carbocycles. The third-order valence-corrected chi connectivity index (χ3v) is 3.66. The first-order valence-corrected chi connectivity index (χ1v) is 6.56. The number of nitrogens with one attached hydrogen (secondary N) is 1. The maximum Gasteiger partial charge on any atom is 0.183 e.